The Morgan fingerprint density at radius 3 is 2.69 bits per heavy atom. The number of anilines is 3. The number of fused-ring (bicyclic) bond motifs is 3. The topological polar surface area (TPSA) is 132 Å². The van der Waals surface area contributed by atoms with Gasteiger partial charge >= 0.3 is 5.97 Å². The van der Waals surface area contributed by atoms with Crippen molar-refractivity contribution < 1.29 is 24.2 Å². The van der Waals surface area contributed by atoms with E-state index in [-0.39, 0.29) is 24.3 Å². The molecule has 2 fully saturated rings. The number of para-hydroxylation sites is 1. The van der Waals surface area contributed by atoms with Crippen molar-refractivity contribution in [3.63, 3.8) is 0 Å². The second-order valence-electron chi connectivity index (χ2n) is 10.5. The maximum Gasteiger partial charge on any atom is 0.326 e. The molecule has 0 bridgehead atoms. The first-order valence-corrected chi connectivity index (χ1v) is 13.3. The van der Waals surface area contributed by atoms with E-state index >= 15 is 0 Å². The number of aliphatic hydroxyl groups excluding tert-OH is 1. The van der Waals surface area contributed by atoms with Gasteiger partial charge in [0.05, 0.1) is 6.10 Å². The van der Waals surface area contributed by atoms with E-state index in [9.17, 15) is 19.8 Å². The van der Waals surface area contributed by atoms with Gasteiger partial charge in [-0.15, -0.1) is 0 Å². The van der Waals surface area contributed by atoms with Crippen molar-refractivity contribution in [1.82, 2.24) is 9.97 Å². The third-order valence-electron chi connectivity index (χ3n) is 7.69. The molecule has 0 saturated carbocycles. The van der Waals surface area contributed by atoms with Gasteiger partial charge in [0.1, 0.15) is 23.0 Å². The van der Waals surface area contributed by atoms with Crippen molar-refractivity contribution in [1.29, 1.82) is 0 Å². The SMILES string of the molecule is Cc1nc(N2C[C@@H](CC(=O)Nc3cccc(N4CCC(O)CC4)c3)C[C@H]2C(=O)O)c2oc3ccccc3c2n1. The fourth-order valence-corrected chi connectivity index (χ4v) is 5.80. The summed E-state index contributed by atoms with van der Waals surface area (Å²) in [5, 5.41) is 23.7. The number of carbonyl (C=O) groups is 2. The van der Waals surface area contributed by atoms with E-state index in [1.807, 2.05) is 48.5 Å². The molecule has 3 N–H and O–H groups in total. The lowest BCUT2D eigenvalue weighted by molar-refractivity contribution is -0.138. The van der Waals surface area contributed by atoms with Gasteiger partial charge in [-0.2, -0.15) is 0 Å². The fourth-order valence-electron chi connectivity index (χ4n) is 5.80. The van der Waals surface area contributed by atoms with Crippen LogP contribution in [0.5, 0.6) is 0 Å². The van der Waals surface area contributed by atoms with Gasteiger partial charge in [-0.3, -0.25) is 4.79 Å². The maximum absolute atomic E-state index is 13.0. The molecule has 6 rings (SSSR count). The van der Waals surface area contributed by atoms with E-state index in [0.29, 0.717) is 47.0 Å². The van der Waals surface area contributed by atoms with Crippen LogP contribution in [-0.4, -0.2) is 63.8 Å². The number of rotatable bonds is 6. The summed E-state index contributed by atoms with van der Waals surface area (Å²) in [4.78, 5) is 38.4. The van der Waals surface area contributed by atoms with Crippen LogP contribution in [-0.2, 0) is 9.59 Å². The highest BCUT2D eigenvalue weighted by Crippen LogP contribution is 2.38. The summed E-state index contributed by atoms with van der Waals surface area (Å²) >= 11 is 0. The van der Waals surface area contributed by atoms with Gasteiger partial charge in [0, 0.05) is 42.8 Å². The molecule has 10 heteroatoms. The largest absolute Gasteiger partial charge is 0.480 e. The number of nitrogens with zero attached hydrogens (tertiary/aromatic N) is 4. The van der Waals surface area contributed by atoms with E-state index < -0.39 is 12.0 Å². The molecule has 10 nitrogen and oxygen atoms in total. The van der Waals surface area contributed by atoms with E-state index in [0.717, 1.165) is 37.0 Å². The Balaban J connectivity index is 1.19. The lowest BCUT2D eigenvalue weighted by Gasteiger charge is -2.31. The van der Waals surface area contributed by atoms with Crippen LogP contribution in [0.4, 0.5) is 17.2 Å². The van der Waals surface area contributed by atoms with Crippen molar-refractivity contribution in [3.8, 4) is 0 Å². The molecular weight excluding hydrogens is 498 g/mol. The number of amides is 1. The Labute approximate surface area is 225 Å². The molecule has 0 unspecified atom stereocenters. The quantitative estimate of drug-likeness (QED) is 0.340. The molecular formula is C29H31N5O5. The van der Waals surface area contributed by atoms with Gasteiger partial charge in [0.15, 0.2) is 11.4 Å². The van der Waals surface area contributed by atoms with E-state index in [1.54, 1.807) is 11.8 Å². The number of aliphatic carboxylic acids is 1. The van der Waals surface area contributed by atoms with Crippen LogP contribution in [0, 0.1) is 12.8 Å². The monoisotopic (exact) mass is 529 g/mol. The summed E-state index contributed by atoms with van der Waals surface area (Å²) in [6, 6.07) is 14.4. The molecule has 4 aromatic rings. The minimum absolute atomic E-state index is 0.162. The highest BCUT2D eigenvalue weighted by Gasteiger charge is 2.40. The highest BCUT2D eigenvalue weighted by atomic mass is 16.4. The molecule has 2 aromatic heterocycles. The first kappa shape index (κ1) is 25.1. The summed E-state index contributed by atoms with van der Waals surface area (Å²) in [5.74, 6) is -0.323. The summed E-state index contributed by atoms with van der Waals surface area (Å²) in [6.45, 7) is 3.69. The van der Waals surface area contributed by atoms with Crippen LogP contribution >= 0.6 is 0 Å². The minimum atomic E-state index is -0.960. The van der Waals surface area contributed by atoms with Gasteiger partial charge < -0.3 is 29.7 Å². The number of aromatic nitrogens is 2. The van der Waals surface area contributed by atoms with Gasteiger partial charge in [-0.25, -0.2) is 14.8 Å². The van der Waals surface area contributed by atoms with E-state index in [1.165, 1.54) is 0 Å². The maximum atomic E-state index is 13.0. The number of aliphatic hydroxyl groups is 1. The van der Waals surface area contributed by atoms with Crippen LogP contribution in [0.15, 0.2) is 52.9 Å². The third kappa shape index (κ3) is 4.99. The van der Waals surface area contributed by atoms with Gasteiger partial charge in [-0.05, 0) is 62.4 Å². The molecule has 0 spiro atoms. The Bertz CT molecular complexity index is 1540. The normalized spacial score (nSPS) is 20.2. The van der Waals surface area contributed by atoms with Crippen molar-refractivity contribution in [2.45, 2.75) is 44.8 Å². The second kappa shape index (κ2) is 10.2. The molecule has 2 saturated heterocycles. The number of carbonyl (C=O) groups excluding carboxylic acids is 1. The average Bonchev–Trinajstić information content (AvgIpc) is 3.50. The summed E-state index contributed by atoms with van der Waals surface area (Å²) in [5.41, 5.74) is 3.48. The lowest BCUT2D eigenvalue weighted by Crippen LogP contribution is -2.36. The number of benzene rings is 2. The molecule has 2 aromatic carbocycles. The van der Waals surface area contributed by atoms with Crippen molar-refractivity contribution in [2.75, 3.05) is 34.8 Å². The second-order valence-corrected chi connectivity index (χ2v) is 10.5. The zero-order valence-electron chi connectivity index (χ0n) is 21.7. The van der Waals surface area contributed by atoms with Crippen LogP contribution in [0.3, 0.4) is 0 Å². The molecule has 4 heterocycles. The van der Waals surface area contributed by atoms with Crippen LogP contribution in [0.2, 0.25) is 0 Å². The summed E-state index contributed by atoms with van der Waals surface area (Å²) < 4.78 is 6.08. The molecule has 202 valence electrons. The smallest absolute Gasteiger partial charge is 0.326 e. The lowest BCUT2D eigenvalue weighted by atomic mass is 10.0. The van der Waals surface area contributed by atoms with Gasteiger partial charge in [0.25, 0.3) is 0 Å². The summed E-state index contributed by atoms with van der Waals surface area (Å²) in [6.07, 6.45) is 1.72. The van der Waals surface area contributed by atoms with Crippen molar-refractivity contribution >= 4 is 51.1 Å². The number of aryl methyl sites for hydroxylation is 1. The zero-order valence-corrected chi connectivity index (χ0v) is 21.7. The van der Waals surface area contributed by atoms with E-state index in [2.05, 4.69) is 20.2 Å². The van der Waals surface area contributed by atoms with Crippen LogP contribution < -0.4 is 15.1 Å². The predicted octanol–water partition coefficient (Wildman–Crippen LogP) is 3.95. The molecule has 2 aliphatic rings. The molecule has 0 radical (unpaired) electrons. The molecule has 39 heavy (non-hydrogen) atoms. The number of piperidine rings is 1. The molecule has 1 amide bonds. The number of nitrogens with one attached hydrogen (secondary N) is 1. The van der Waals surface area contributed by atoms with Gasteiger partial charge in [-0.1, -0.05) is 18.2 Å². The van der Waals surface area contributed by atoms with Crippen LogP contribution in [0.25, 0.3) is 22.1 Å². The minimum Gasteiger partial charge on any atom is -0.480 e. The first-order chi connectivity index (χ1) is 18.9. The predicted molar refractivity (Wildman–Crippen MR) is 148 cm³/mol. The number of carboxylic acids is 1. The van der Waals surface area contributed by atoms with Crippen molar-refractivity contribution in [3.05, 3.63) is 54.4 Å². The molecule has 2 atom stereocenters. The Hall–Kier alpha value is -4.18. The number of hydrogen-bond donors (Lipinski definition) is 3. The van der Waals surface area contributed by atoms with Crippen molar-refractivity contribution in [2.24, 2.45) is 5.92 Å². The first-order valence-electron chi connectivity index (χ1n) is 13.3. The number of carboxylic acid groups (broad SMARTS) is 1. The Morgan fingerprint density at radius 2 is 1.90 bits per heavy atom. The number of hydrogen-bond acceptors (Lipinski definition) is 8. The average molecular weight is 530 g/mol. The van der Waals surface area contributed by atoms with E-state index in [4.69, 9.17) is 4.42 Å². The third-order valence-corrected chi connectivity index (χ3v) is 7.69. The molecule has 2 aliphatic heterocycles. The Kier molecular flexibility index (Phi) is 6.56. The highest BCUT2D eigenvalue weighted by molar-refractivity contribution is 6.06. The number of furan rings is 1. The fraction of sp³-hybridized carbons (Fsp3) is 0.379. The zero-order chi connectivity index (χ0) is 27.1. The van der Waals surface area contributed by atoms with Crippen LogP contribution in [0.1, 0.15) is 31.5 Å². The molecule has 0 aliphatic carbocycles. The van der Waals surface area contributed by atoms with Gasteiger partial charge in [0.2, 0.25) is 5.91 Å². The summed E-state index contributed by atoms with van der Waals surface area (Å²) in [7, 11) is 0. The standard InChI is InChI=1S/C29H31N5O5/c1-17-30-26-22-7-2-3-8-24(22)39-27(26)28(31-17)34-16-18(13-23(34)29(37)38)14-25(36)32-19-5-4-6-20(15-19)33-11-9-21(35)10-12-33/h2-8,15,18,21,23,35H,9-14,16H2,1H3,(H,32,36)(H,37,38)/t18-,23+/m1/s1. The Morgan fingerprint density at radius 1 is 1.10 bits per heavy atom.